The average Bonchev–Trinajstić information content (AvgIpc) is 3.33. The zero-order valence-electron chi connectivity index (χ0n) is 14.5. The number of hydrogen-bond acceptors (Lipinski definition) is 4. The van der Waals surface area contributed by atoms with Crippen LogP contribution in [0.2, 0.25) is 0 Å². The number of aromatic amines is 1. The van der Waals surface area contributed by atoms with Gasteiger partial charge in [-0.3, -0.25) is 9.78 Å². The van der Waals surface area contributed by atoms with E-state index in [0.29, 0.717) is 17.9 Å². The number of alkyl halides is 3. The maximum Gasteiger partial charge on any atom is 0.416 e. The first kappa shape index (κ1) is 17.8. The molecule has 0 bridgehead atoms. The lowest BCUT2D eigenvalue weighted by Gasteiger charge is -2.09. The number of anilines is 1. The van der Waals surface area contributed by atoms with Gasteiger partial charge < -0.3 is 5.73 Å². The van der Waals surface area contributed by atoms with Gasteiger partial charge in [-0.2, -0.15) is 23.4 Å². The van der Waals surface area contributed by atoms with Gasteiger partial charge in [0.05, 0.1) is 24.5 Å². The Labute approximate surface area is 157 Å². The molecule has 4 rings (SSSR count). The largest absolute Gasteiger partial charge is 0.416 e. The van der Waals surface area contributed by atoms with E-state index in [-0.39, 0.29) is 0 Å². The maximum absolute atomic E-state index is 12.7. The molecule has 3 heterocycles. The number of halogens is 3. The first-order valence-electron chi connectivity index (χ1n) is 8.34. The number of aromatic nitrogens is 5. The summed E-state index contributed by atoms with van der Waals surface area (Å²) >= 11 is 0. The van der Waals surface area contributed by atoms with Gasteiger partial charge in [-0.25, -0.2) is 4.98 Å². The van der Waals surface area contributed by atoms with E-state index in [1.165, 1.54) is 12.1 Å². The van der Waals surface area contributed by atoms with Crippen LogP contribution < -0.4 is 5.73 Å². The fraction of sp³-hybridized carbons (Fsp3) is 0.105. The third-order valence-electron chi connectivity index (χ3n) is 4.34. The summed E-state index contributed by atoms with van der Waals surface area (Å²) in [6.07, 6.45) is 4.15. The second-order valence-corrected chi connectivity index (χ2v) is 6.23. The van der Waals surface area contributed by atoms with Crippen LogP contribution >= 0.6 is 0 Å². The van der Waals surface area contributed by atoms with E-state index < -0.39 is 11.7 Å². The molecule has 0 aliphatic carbocycles. The highest BCUT2D eigenvalue weighted by Crippen LogP contribution is 2.34. The predicted octanol–water partition coefficient (Wildman–Crippen LogP) is 3.98. The summed E-state index contributed by atoms with van der Waals surface area (Å²) in [5, 5.41) is 11.0. The number of benzene rings is 1. The minimum Gasteiger partial charge on any atom is -0.383 e. The van der Waals surface area contributed by atoms with Crippen molar-refractivity contribution in [1.29, 1.82) is 0 Å². The summed E-state index contributed by atoms with van der Waals surface area (Å²) in [5.41, 5.74) is 9.30. The number of nitrogen functional groups attached to an aromatic ring is 1. The molecule has 0 unspecified atom stereocenters. The van der Waals surface area contributed by atoms with Crippen molar-refractivity contribution >= 4 is 5.82 Å². The van der Waals surface area contributed by atoms with E-state index in [2.05, 4.69) is 20.3 Å². The molecule has 6 nitrogen and oxygen atoms in total. The van der Waals surface area contributed by atoms with Gasteiger partial charge in [-0.1, -0.05) is 12.1 Å². The smallest absolute Gasteiger partial charge is 0.383 e. The molecule has 0 atom stereocenters. The number of pyridine rings is 1. The van der Waals surface area contributed by atoms with Crippen molar-refractivity contribution in [3.05, 3.63) is 72.4 Å². The molecule has 1 aromatic carbocycles. The summed E-state index contributed by atoms with van der Waals surface area (Å²) < 4.78 is 39.7. The second kappa shape index (κ2) is 6.84. The number of nitrogens with two attached hydrogens (primary N) is 1. The predicted molar refractivity (Wildman–Crippen MR) is 98.0 cm³/mol. The molecule has 4 aromatic rings. The molecule has 3 aromatic heterocycles. The third kappa shape index (κ3) is 3.46. The van der Waals surface area contributed by atoms with E-state index in [1.807, 2.05) is 12.3 Å². The topological polar surface area (TPSA) is 85.4 Å². The molecule has 0 amide bonds. The number of nitrogens with one attached hydrogen (secondary N) is 1. The van der Waals surface area contributed by atoms with Gasteiger partial charge in [0.2, 0.25) is 0 Å². The molecule has 0 fully saturated rings. The Morgan fingerprint density at radius 2 is 1.82 bits per heavy atom. The lowest BCUT2D eigenvalue weighted by Crippen LogP contribution is -2.05. The van der Waals surface area contributed by atoms with Crippen molar-refractivity contribution in [3.8, 4) is 22.3 Å². The van der Waals surface area contributed by atoms with E-state index in [0.717, 1.165) is 34.4 Å². The summed E-state index contributed by atoms with van der Waals surface area (Å²) in [5.74, 6) is 0.370. The van der Waals surface area contributed by atoms with Gasteiger partial charge in [0.25, 0.3) is 0 Å². The van der Waals surface area contributed by atoms with Crippen LogP contribution in [0.4, 0.5) is 19.0 Å². The molecule has 0 saturated carbocycles. The van der Waals surface area contributed by atoms with Gasteiger partial charge in [0.1, 0.15) is 5.82 Å². The van der Waals surface area contributed by atoms with E-state index >= 15 is 0 Å². The van der Waals surface area contributed by atoms with E-state index in [4.69, 9.17) is 5.73 Å². The van der Waals surface area contributed by atoms with E-state index in [1.54, 1.807) is 29.5 Å². The molecule has 0 spiro atoms. The number of rotatable bonds is 4. The van der Waals surface area contributed by atoms with E-state index in [9.17, 15) is 13.2 Å². The normalized spacial score (nSPS) is 11.7. The average molecular weight is 384 g/mol. The molecule has 28 heavy (non-hydrogen) atoms. The quantitative estimate of drug-likeness (QED) is 0.557. The first-order valence-corrected chi connectivity index (χ1v) is 8.34. The highest BCUT2D eigenvalue weighted by Gasteiger charge is 2.29. The Morgan fingerprint density at radius 3 is 2.50 bits per heavy atom. The van der Waals surface area contributed by atoms with Crippen LogP contribution in [0.5, 0.6) is 0 Å². The molecule has 0 aliphatic rings. The number of H-pyrrole nitrogens is 1. The maximum atomic E-state index is 12.7. The van der Waals surface area contributed by atoms with Gasteiger partial charge in [0, 0.05) is 35.3 Å². The van der Waals surface area contributed by atoms with Gasteiger partial charge in [0.15, 0.2) is 0 Å². The minimum absolute atomic E-state index is 0.347. The SMILES string of the molecule is Nc1nccc(-c2cnn(Cc3ccc(C(F)(F)F)cc3)c2)c1-c1cn[nH]c1. The van der Waals surface area contributed by atoms with Gasteiger partial charge in [-0.05, 0) is 29.3 Å². The van der Waals surface area contributed by atoms with Crippen LogP contribution in [0, 0.1) is 0 Å². The zero-order valence-corrected chi connectivity index (χ0v) is 14.5. The van der Waals surface area contributed by atoms with Crippen LogP contribution in [-0.2, 0) is 12.7 Å². The monoisotopic (exact) mass is 384 g/mol. The number of hydrogen-bond donors (Lipinski definition) is 2. The zero-order chi connectivity index (χ0) is 19.7. The standard InChI is InChI=1S/C19H15F3N6/c20-19(21,22)15-3-1-12(2-4-15)10-28-11-14(9-27-28)16-5-6-24-18(23)17(16)13-7-25-26-8-13/h1-9,11H,10H2,(H2,23,24)(H,25,26). The summed E-state index contributed by atoms with van der Waals surface area (Å²) in [6.45, 7) is 0.347. The second-order valence-electron chi connectivity index (χ2n) is 6.23. The van der Waals surface area contributed by atoms with Gasteiger partial charge >= 0.3 is 6.18 Å². The summed E-state index contributed by atoms with van der Waals surface area (Å²) in [6, 6.07) is 6.87. The molecule has 3 N–H and O–H groups in total. The van der Waals surface area contributed by atoms with Crippen LogP contribution in [0.25, 0.3) is 22.3 Å². The van der Waals surface area contributed by atoms with Crippen molar-refractivity contribution in [2.75, 3.05) is 5.73 Å². The van der Waals surface area contributed by atoms with Gasteiger partial charge in [-0.15, -0.1) is 0 Å². The Hall–Kier alpha value is -3.62. The van der Waals surface area contributed by atoms with Crippen molar-refractivity contribution in [3.63, 3.8) is 0 Å². The van der Waals surface area contributed by atoms with Crippen molar-refractivity contribution < 1.29 is 13.2 Å². The van der Waals surface area contributed by atoms with Crippen LogP contribution in [0.3, 0.4) is 0 Å². The molecule has 0 saturated heterocycles. The Balaban J connectivity index is 1.62. The van der Waals surface area contributed by atoms with Crippen molar-refractivity contribution in [1.82, 2.24) is 25.0 Å². The van der Waals surface area contributed by atoms with Crippen LogP contribution in [0.1, 0.15) is 11.1 Å². The third-order valence-corrected chi connectivity index (χ3v) is 4.34. The molecule has 9 heteroatoms. The molecule has 0 aliphatic heterocycles. The fourth-order valence-corrected chi connectivity index (χ4v) is 2.98. The van der Waals surface area contributed by atoms with Crippen LogP contribution in [-0.4, -0.2) is 25.0 Å². The molecule has 142 valence electrons. The highest BCUT2D eigenvalue weighted by molar-refractivity contribution is 5.88. The molecular formula is C19H15F3N6. The van der Waals surface area contributed by atoms with Crippen molar-refractivity contribution in [2.24, 2.45) is 0 Å². The summed E-state index contributed by atoms with van der Waals surface area (Å²) in [4.78, 5) is 4.14. The molecule has 0 radical (unpaired) electrons. The number of nitrogens with zero attached hydrogens (tertiary/aromatic N) is 4. The minimum atomic E-state index is -4.35. The Morgan fingerprint density at radius 1 is 1.04 bits per heavy atom. The first-order chi connectivity index (χ1) is 13.4. The van der Waals surface area contributed by atoms with Crippen LogP contribution in [0.15, 0.2) is 61.3 Å². The Bertz CT molecular complexity index is 1080. The lowest BCUT2D eigenvalue weighted by molar-refractivity contribution is -0.137. The molecular weight excluding hydrogens is 369 g/mol. The Kier molecular flexibility index (Phi) is 4.34. The highest BCUT2D eigenvalue weighted by atomic mass is 19.4. The van der Waals surface area contributed by atoms with Crippen molar-refractivity contribution in [2.45, 2.75) is 12.7 Å². The fourth-order valence-electron chi connectivity index (χ4n) is 2.98. The lowest BCUT2D eigenvalue weighted by atomic mass is 10.00. The summed E-state index contributed by atoms with van der Waals surface area (Å²) in [7, 11) is 0.